The molecular weight excluding hydrogens is 312 g/mol. The van der Waals surface area contributed by atoms with E-state index in [2.05, 4.69) is 54.5 Å². The molecule has 3 heteroatoms. The molecule has 0 atom stereocenters. The van der Waals surface area contributed by atoms with Gasteiger partial charge >= 0.3 is 0 Å². The van der Waals surface area contributed by atoms with Crippen LogP contribution in [0.1, 0.15) is 65.2 Å². The lowest BCUT2D eigenvalue weighted by molar-refractivity contribution is 0.608. The minimum Gasteiger partial charge on any atom is -0.348 e. The Kier molecular flexibility index (Phi) is 8.90. The van der Waals surface area contributed by atoms with Crippen molar-refractivity contribution in [3.8, 4) is 11.3 Å². The van der Waals surface area contributed by atoms with Crippen molar-refractivity contribution in [1.29, 1.82) is 0 Å². The molecule has 2 aromatic rings. The molecule has 0 saturated heterocycles. The fraction of sp³-hybridized carbons (Fsp3) is 0.571. The van der Waals surface area contributed by atoms with Crippen molar-refractivity contribution in [2.24, 2.45) is 0 Å². The number of aromatic nitrogens is 1. The summed E-state index contributed by atoms with van der Waals surface area (Å²) in [6, 6.07) is 10.5. The van der Waals surface area contributed by atoms with Crippen LogP contribution < -0.4 is 4.90 Å². The van der Waals surface area contributed by atoms with E-state index in [4.69, 9.17) is 4.98 Å². The van der Waals surface area contributed by atoms with Gasteiger partial charge in [0.15, 0.2) is 5.13 Å². The molecule has 0 N–H and O–H groups in total. The first-order valence-electron chi connectivity index (χ1n) is 9.61. The van der Waals surface area contributed by atoms with Crippen molar-refractivity contribution in [2.75, 3.05) is 18.0 Å². The topological polar surface area (TPSA) is 16.1 Å². The Bertz CT molecular complexity index is 538. The summed E-state index contributed by atoms with van der Waals surface area (Å²) in [5, 5.41) is 3.40. The SMILES string of the molecule is CCCCCCN(CCCCCC)c1nc(-c2ccccc2)cs1. The first-order chi connectivity index (χ1) is 11.8. The minimum absolute atomic E-state index is 1.11. The lowest BCUT2D eigenvalue weighted by Crippen LogP contribution is -2.25. The molecule has 0 radical (unpaired) electrons. The Labute approximate surface area is 151 Å². The van der Waals surface area contributed by atoms with Gasteiger partial charge in [0.1, 0.15) is 0 Å². The van der Waals surface area contributed by atoms with E-state index in [1.165, 1.54) is 62.1 Å². The van der Waals surface area contributed by atoms with Crippen LogP contribution in [-0.2, 0) is 0 Å². The molecule has 0 spiro atoms. The molecule has 1 heterocycles. The van der Waals surface area contributed by atoms with Gasteiger partial charge < -0.3 is 4.90 Å². The molecule has 1 aromatic heterocycles. The number of hydrogen-bond donors (Lipinski definition) is 0. The quantitative estimate of drug-likeness (QED) is 0.395. The zero-order chi connectivity index (χ0) is 17.0. The zero-order valence-electron chi connectivity index (χ0n) is 15.3. The van der Waals surface area contributed by atoms with Crippen molar-refractivity contribution in [2.45, 2.75) is 65.2 Å². The van der Waals surface area contributed by atoms with E-state index in [9.17, 15) is 0 Å². The number of thiazole rings is 1. The number of rotatable bonds is 12. The summed E-state index contributed by atoms with van der Waals surface area (Å²) in [5.41, 5.74) is 2.33. The molecule has 24 heavy (non-hydrogen) atoms. The summed E-state index contributed by atoms with van der Waals surface area (Å²) in [4.78, 5) is 7.44. The van der Waals surface area contributed by atoms with Crippen LogP contribution in [0.15, 0.2) is 35.7 Å². The molecule has 0 aliphatic carbocycles. The second kappa shape index (κ2) is 11.2. The smallest absolute Gasteiger partial charge is 0.185 e. The van der Waals surface area contributed by atoms with Gasteiger partial charge in [0, 0.05) is 24.0 Å². The summed E-state index contributed by atoms with van der Waals surface area (Å²) in [5.74, 6) is 0. The molecule has 132 valence electrons. The largest absolute Gasteiger partial charge is 0.348 e. The van der Waals surface area contributed by atoms with Crippen LogP contribution in [0.4, 0.5) is 5.13 Å². The minimum atomic E-state index is 1.11. The maximum absolute atomic E-state index is 4.92. The second-order valence-electron chi connectivity index (χ2n) is 6.49. The standard InChI is InChI=1S/C21H32N2S/c1-3-5-7-12-16-23(17-13-8-6-4-2)21-22-20(18-24-21)19-14-10-9-11-15-19/h9-11,14-15,18H,3-8,12-13,16-17H2,1-2H3. The van der Waals surface area contributed by atoms with Crippen molar-refractivity contribution in [1.82, 2.24) is 4.98 Å². The number of nitrogens with zero attached hydrogens (tertiary/aromatic N) is 2. The van der Waals surface area contributed by atoms with Crippen molar-refractivity contribution in [3.05, 3.63) is 35.7 Å². The normalized spacial score (nSPS) is 10.9. The van der Waals surface area contributed by atoms with Gasteiger partial charge in [-0.3, -0.25) is 0 Å². The molecule has 0 amide bonds. The summed E-state index contributed by atoms with van der Waals surface area (Å²) < 4.78 is 0. The van der Waals surface area contributed by atoms with Gasteiger partial charge in [-0.05, 0) is 12.8 Å². The Hall–Kier alpha value is -1.35. The summed E-state index contributed by atoms with van der Waals surface area (Å²) in [7, 11) is 0. The highest BCUT2D eigenvalue weighted by molar-refractivity contribution is 7.14. The highest BCUT2D eigenvalue weighted by Gasteiger charge is 2.11. The average molecular weight is 345 g/mol. The third-order valence-electron chi connectivity index (χ3n) is 4.40. The van der Waals surface area contributed by atoms with E-state index in [0.29, 0.717) is 0 Å². The molecule has 0 aliphatic heterocycles. The third-order valence-corrected chi connectivity index (χ3v) is 5.30. The highest BCUT2D eigenvalue weighted by Crippen LogP contribution is 2.28. The van der Waals surface area contributed by atoms with Crippen LogP contribution in [0.25, 0.3) is 11.3 Å². The van der Waals surface area contributed by atoms with Crippen LogP contribution in [0, 0.1) is 0 Å². The fourth-order valence-corrected chi connectivity index (χ4v) is 3.80. The lowest BCUT2D eigenvalue weighted by atomic mass is 10.2. The van der Waals surface area contributed by atoms with Gasteiger partial charge in [0.2, 0.25) is 0 Å². The lowest BCUT2D eigenvalue weighted by Gasteiger charge is -2.22. The Balaban J connectivity index is 1.98. The fourth-order valence-electron chi connectivity index (χ4n) is 2.91. The van der Waals surface area contributed by atoms with Gasteiger partial charge in [0.05, 0.1) is 5.69 Å². The predicted octanol–water partition coefficient (Wildman–Crippen LogP) is 6.78. The predicted molar refractivity (Wildman–Crippen MR) is 108 cm³/mol. The van der Waals surface area contributed by atoms with Gasteiger partial charge in [0.25, 0.3) is 0 Å². The first kappa shape index (κ1) is 19.0. The molecule has 1 aromatic carbocycles. The van der Waals surface area contributed by atoms with Crippen LogP contribution in [0.5, 0.6) is 0 Å². The van der Waals surface area contributed by atoms with E-state index in [1.807, 2.05) is 0 Å². The Morgan fingerprint density at radius 3 is 2.04 bits per heavy atom. The van der Waals surface area contributed by atoms with Gasteiger partial charge in [-0.1, -0.05) is 82.7 Å². The molecule has 2 nitrogen and oxygen atoms in total. The summed E-state index contributed by atoms with van der Waals surface area (Å²) >= 11 is 1.79. The number of anilines is 1. The summed E-state index contributed by atoms with van der Waals surface area (Å²) in [6.07, 6.45) is 10.5. The molecule has 2 rings (SSSR count). The maximum Gasteiger partial charge on any atom is 0.185 e. The van der Waals surface area contributed by atoms with Crippen LogP contribution >= 0.6 is 11.3 Å². The van der Waals surface area contributed by atoms with Crippen LogP contribution in [-0.4, -0.2) is 18.1 Å². The molecule has 0 unspecified atom stereocenters. The van der Waals surface area contributed by atoms with Crippen LogP contribution in [0.2, 0.25) is 0 Å². The third kappa shape index (κ3) is 6.27. The monoisotopic (exact) mass is 344 g/mol. The second-order valence-corrected chi connectivity index (χ2v) is 7.33. The highest BCUT2D eigenvalue weighted by atomic mass is 32.1. The molecule has 0 bridgehead atoms. The van der Waals surface area contributed by atoms with Crippen molar-refractivity contribution in [3.63, 3.8) is 0 Å². The van der Waals surface area contributed by atoms with E-state index >= 15 is 0 Å². The number of hydrogen-bond acceptors (Lipinski definition) is 3. The number of benzene rings is 1. The molecular formula is C21H32N2S. The number of unbranched alkanes of at least 4 members (excludes halogenated alkanes) is 6. The molecule has 0 fully saturated rings. The van der Waals surface area contributed by atoms with E-state index in [-0.39, 0.29) is 0 Å². The van der Waals surface area contributed by atoms with Crippen LogP contribution in [0.3, 0.4) is 0 Å². The molecule has 0 aliphatic rings. The van der Waals surface area contributed by atoms with Gasteiger partial charge in [-0.25, -0.2) is 4.98 Å². The van der Waals surface area contributed by atoms with Crippen molar-refractivity contribution >= 4 is 16.5 Å². The van der Waals surface area contributed by atoms with E-state index in [0.717, 1.165) is 18.8 Å². The van der Waals surface area contributed by atoms with Gasteiger partial charge in [-0.15, -0.1) is 11.3 Å². The van der Waals surface area contributed by atoms with E-state index in [1.54, 1.807) is 11.3 Å². The van der Waals surface area contributed by atoms with Gasteiger partial charge in [-0.2, -0.15) is 0 Å². The summed E-state index contributed by atoms with van der Waals surface area (Å²) in [6.45, 7) is 6.84. The zero-order valence-corrected chi connectivity index (χ0v) is 16.2. The maximum atomic E-state index is 4.92. The Morgan fingerprint density at radius 2 is 1.46 bits per heavy atom. The van der Waals surface area contributed by atoms with Crippen molar-refractivity contribution < 1.29 is 0 Å². The Morgan fingerprint density at radius 1 is 0.833 bits per heavy atom. The van der Waals surface area contributed by atoms with E-state index < -0.39 is 0 Å². The first-order valence-corrected chi connectivity index (χ1v) is 10.5. The molecule has 0 saturated carbocycles. The average Bonchev–Trinajstić information content (AvgIpc) is 3.11.